The molecule has 2 amide bonds. The van der Waals surface area contributed by atoms with E-state index in [1.165, 1.54) is 0 Å². The molecule has 1 fully saturated rings. The van der Waals surface area contributed by atoms with Gasteiger partial charge in [0.25, 0.3) is 0 Å². The third kappa shape index (κ3) is 4.06. The topological polar surface area (TPSA) is 67.4 Å². The van der Waals surface area contributed by atoms with E-state index in [2.05, 4.69) is 10.6 Å². The first kappa shape index (κ1) is 14.5. The fourth-order valence-corrected chi connectivity index (χ4v) is 2.18. The standard InChI is InChI=1S/C15H20N2O3/c1-11(12-6-3-2-4-7-12)17-15(19)14(18)16-10-13-8-5-9-20-13/h2-4,6-7,11,13H,5,8-10H2,1H3,(H,16,18)(H,17,19)/t11-,13+/m0/s1. The molecule has 0 aromatic heterocycles. The van der Waals surface area contributed by atoms with Crippen molar-refractivity contribution < 1.29 is 14.3 Å². The number of hydrogen-bond acceptors (Lipinski definition) is 3. The van der Waals surface area contributed by atoms with Crippen molar-refractivity contribution in [3.8, 4) is 0 Å². The third-order valence-corrected chi connectivity index (χ3v) is 3.37. The summed E-state index contributed by atoms with van der Waals surface area (Å²) in [6.45, 7) is 2.98. The van der Waals surface area contributed by atoms with Crippen molar-refractivity contribution >= 4 is 11.8 Å². The first-order valence-electron chi connectivity index (χ1n) is 6.92. The molecule has 0 radical (unpaired) electrons. The summed E-state index contributed by atoms with van der Waals surface area (Å²) in [4.78, 5) is 23.5. The average Bonchev–Trinajstić information content (AvgIpc) is 2.98. The van der Waals surface area contributed by atoms with Gasteiger partial charge in [-0.2, -0.15) is 0 Å². The minimum atomic E-state index is -0.612. The van der Waals surface area contributed by atoms with Gasteiger partial charge >= 0.3 is 11.8 Å². The molecule has 1 aromatic rings. The molecule has 0 saturated carbocycles. The van der Waals surface area contributed by atoms with Crippen molar-refractivity contribution in [3.63, 3.8) is 0 Å². The van der Waals surface area contributed by atoms with Gasteiger partial charge in [0.2, 0.25) is 0 Å². The highest BCUT2D eigenvalue weighted by atomic mass is 16.5. The zero-order chi connectivity index (χ0) is 14.4. The fraction of sp³-hybridized carbons (Fsp3) is 0.467. The van der Waals surface area contributed by atoms with Gasteiger partial charge in [0.05, 0.1) is 12.1 Å². The summed E-state index contributed by atoms with van der Waals surface area (Å²) in [5.74, 6) is -1.22. The minimum Gasteiger partial charge on any atom is -0.376 e. The molecular weight excluding hydrogens is 256 g/mol. The molecule has 0 bridgehead atoms. The van der Waals surface area contributed by atoms with Gasteiger partial charge in [-0.15, -0.1) is 0 Å². The molecule has 1 aliphatic heterocycles. The second-order valence-corrected chi connectivity index (χ2v) is 4.95. The van der Waals surface area contributed by atoms with Gasteiger partial charge in [-0.25, -0.2) is 0 Å². The molecule has 0 aliphatic carbocycles. The number of rotatable bonds is 4. The molecule has 0 unspecified atom stereocenters. The Morgan fingerprint density at radius 3 is 2.70 bits per heavy atom. The monoisotopic (exact) mass is 276 g/mol. The first-order valence-corrected chi connectivity index (χ1v) is 6.92. The van der Waals surface area contributed by atoms with E-state index in [1.54, 1.807) is 0 Å². The number of hydrogen-bond donors (Lipinski definition) is 2. The second kappa shape index (κ2) is 7.05. The van der Waals surface area contributed by atoms with Gasteiger partial charge < -0.3 is 15.4 Å². The van der Waals surface area contributed by atoms with Gasteiger partial charge in [0.1, 0.15) is 0 Å². The van der Waals surface area contributed by atoms with Crippen LogP contribution in [0.1, 0.15) is 31.4 Å². The fourth-order valence-electron chi connectivity index (χ4n) is 2.18. The highest BCUT2D eigenvalue weighted by Gasteiger charge is 2.20. The Kier molecular flexibility index (Phi) is 5.12. The summed E-state index contributed by atoms with van der Waals surface area (Å²) in [7, 11) is 0. The van der Waals surface area contributed by atoms with Gasteiger partial charge in [0, 0.05) is 13.2 Å². The lowest BCUT2D eigenvalue weighted by molar-refractivity contribution is -0.139. The van der Waals surface area contributed by atoms with Crippen molar-refractivity contribution in [1.29, 1.82) is 0 Å². The summed E-state index contributed by atoms with van der Waals surface area (Å²) < 4.78 is 5.39. The van der Waals surface area contributed by atoms with E-state index in [1.807, 2.05) is 37.3 Å². The second-order valence-electron chi connectivity index (χ2n) is 4.95. The molecule has 1 aromatic carbocycles. The molecular formula is C15H20N2O3. The van der Waals surface area contributed by atoms with E-state index in [0.29, 0.717) is 6.54 Å². The highest BCUT2D eigenvalue weighted by molar-refractivity contribution is 6.35. The molecule has 2 N–H and O–H groups in total. The largest absolute Gasteiger partial charge is 0.376 e. The maximum Gasteiger partial charge on any atom is 0.309 e. The van der Waals surface area contributed by atoms with Crippen molar-refractivity contribution in [3.05, 3.63) is 35.9 Å². The van der Waals surface area contributed by atoms with Gasteiger partial charge in [-0.05, 0) is 25.3 Å². The molecule has 0 spiro atoms. The van der Waals surface area contributed by atoms with E-state index in [-0.39, 0.29) is 12.1 Å². The Labute approximate surface area is 118 Å². The van der Waals surface area contributed by atoms with Crippen LogP contribution in [0.2, 0.25) is 0 Å². The van der Waals surface area contributed by atoms with Crippen LogP contribution >= 0.6 is 0 Å². The summed E-state index contributed by atoms with van der Waals surface area (Å²) >= 11 is 0. The summed E-state index contributed by atoms with van der Waals surface area (Å²) in [6.07, 6.45) is 1.98. The van der Waals surface area contributed by atoms with E-state index in [9.17, 15) is 9.59 Å². The molecule has 1 heterocycles. The third-order valence-electron chi connectivity index (χ3n) is 3.37. The maximum atomic E-state index is 11.8. The summed E-state index contributed by atoms with van der Waals surface area (Å²) in [6, 6.07) is 9.33. The Hall–Kier alpha value is -1.88. The Bertz CT molecular complexity index is 455. The van der Waals surface area contributed by atoms with Crippen molar-refractivity contribution in [2.45, 2.75) is 31.9 Å². The van der Waals surface area contributed by atoms with Gasteiger partial charge in [0.15, 0.2) is 0 Å². The zero-order valence-corrected chi connectivity index (χ0v) is 11.6. The van der Waals surface area contributed by atoms with Crippen LogP contribution in [0.3, 0.4) is 0 Å². The Morgan fingerprint density at radius 2 is 2.05 bits per heavy atom. The Balaban J connectivity index is 1.77. The number of benzene rings is 1. The predicted molar refractivity (Wildman–Crippen MR) is 75.0 cm³/mol. The van der Waals surface area contributed by atoms with Gasteiger partial charge in [-0.1, -0.05) is 30.3 Å². The minimum absolute atomic E-state index is 0.0401. The molecule has 20 heavy (non-hydrogen) atoms. The van der Waals surface area contributed by atoms with E-state index in [4.69, 9.17) is 4.74 Å². The average molecular weight is 276 g/mol. The molecule has 2 rings (SSSR count). The molecule has 5 nitrogen and oxygen atoms in total. The van der Waals surface area contributed by atoms with Crippen molar-refractivity contribution in [1.82, 2.24) is 10.6 Å². The highest BCUT2D eigenvalue weighted by Crippen LogP contribution is 2.11. The van der Waals surface area contributed by atoms with E-state index >= 15 is 0 Å². The van der Waals surface area contributed by atoms with E-state index in [0.717, 1.165) is 25.0 Å². The smallest absolute Gasteiger partial charge is 0.309 e. The molecule has 2 atom stereocenters. The van der Waals surface area contributed by atoms with Crippen LogP contribution in [-0.2, 0) is 14.3 Å². The van der Waals surface area contributed by atoms with E-state index < -0.39 is 11.8 Å². The Morgan fingerprint density at radius 1 is 1.30 bits per heavy atom. The number of carbonyl (C=O) groups excluding carboxylic acids is 2. The molecule has 108 valence electrons. The lowest BCUT2D eigenvalue weighted by Gasteiger charge is -2.15. The molecule has 1 aliphatic rings. The first-order chi connectivity index (χ1) is 9.66. The van der Waals surface area contributed by atoms with Crippen molar-refractivity contribution in [2.75, 3.05) is 13.2 Å². The van der Waals surface area contributed by atoms with Crippen LogP contribution in [0.5, 0.6) is 0 Å². The predicted octanol–water partition coefficient (Wildman–Crippen LogP) is 1.16. The van der Waals surface area contributed by atoms with Gasteiger partial charge in [-0.3, -0.25) is 9.59 Å². The van der Waals surface area contributed by atoms with Crippen LogP contribution in [-0.4, -0.2) is 31.1 Å². The number of carbonyl (C=O) groups is 2. The summed E-state index contributed by atoms with van der Waals surface area (Å²) in [5, 5.41) is 5.28. The SMILES string of the molecule is C[C@H](NC(=O)C(=O)NC[C@H]1CCCO1)c1ccccc1. The number of nitrogens with one attached hydrogen (secondary N) is 2. The molecule has 1 saturated heterocycles. The van der Waals surface area contributed by atoms with Crippen LogP contribution in [0.25, 0.3) is 0 Å². The number of amides is 2. The lowest BCUT2D eigenvalue weighted by Crippen LogP contribution is -2.43. The maximum absolute atomic E-state index is 11.8. The van der Waals surface area contributed by atoms with Crippen LogP contribution in [0.4, 0.5) is 0 Å². The lowest BCUT2D eigenvalue weighted by atomic mass is 10.1. The van der Waals surface area contributed by atoms with Crippen LogP contribution < -0.4 is 10.6 Å². The summed E-state index contributed by atoms with van der Waals surface area (Å²) in [5.41, 5.74) is 0.966. The molecule has 5 heteroatoms. The van der Waals surface area contributed by atoms with Crippen LogP contribution in [0, 0.1) is 0 Å². The zero-order valence-electron chi connectivity index (χ0n) is 11.6. The van der Waals surface area contributed by atoms with Crippen molar-refractivity contribution in [2.24, 2.45) is 0 Å². The normalized spacial score (nSPS) is 19.4. The quantitative estimate of drug-likeness (QED) is 0.811. The van der Waals surface area contributed by atoms with Crippen LogP contribution in [0.15, 0.2) is 30.3 Å². The number of ether oxygens (including phenoxy) is 1.